The average Bonchev–Trinajstić information content (AvgIpc) is 3.29. The molecule has 164 valence electrons. The van der Waals surface area contributed by atoms with Crippen molar-refractivity contribution >= 4 is 51.6 Å². The van der Waals surface area contributed by atoms with E-state index in [1.54, 1.807) is 29.8 Å². The second-order valence-electron chi connectivity index (χ2n) is 6.52. The topological polar surface area (TPSA) is 95.3 Å². The summed E-state index contributed by atoms with van der Waals surface area (Å²) in [7, 11) is 3.11. The fourth-order valence-electron chi connectivity index (χ4n) is 2.75. The molecule has 11 heteroatoms. The summed E-state index contributed by atoms with van der Waals surface area (Å²) in [4.78, 5) is 25.2. The molecule has 2 heterocycles. The number of carbonyl (C=O) groups excluding carboxylic acids is 2. The Bertz CT molecular complexity index is 1100. The summed E-state index contributed by atoms with van der Waals surface area (Å²) in [5, 5.41) is 12.7. The van der Waals surface area contributed by atoms with Crippen molar-refractivity contribution in [3.05, 3.63) is 51.6 Å². The third-order valence-corrected chi connectivity index (χ3v) is 6.52. The van der Waals surface area contributed by atoms with Crippen molar-refractivity contribution in [1.82, 2.24) is 14.8 Å². The first-order valence-corrected chi connectivity index (χ1v) is 11.4. The van der Waals surface area contributed by atoms with Crippen LogP contribution in [0, 0.1) is 6.92 Å². The van der Waals surface area contributed by atoms with Gasteiger partial charge in [-0.1, -0.05) is 35.5 Å². The highest BCUT2D eigenvalue weighted by Gasteiger charge is 2.20. The summed E-state index contributed by atoms with van der Waals surface area (Å²) in [6, 6.07) is 8.89. The van der Waals surface area contributed by atoms with E-state index in [1.165, 1.54) is 30.2 Å². The van der Waals surface area contributed by atoms with E-state index in [9.17, 15) is 9.59 Å². The molecule has 3 aromatic rings. The van der Waals surface area contributed by atoms with Crippen molar-refractivity contribution in [3.8, 4) is 5.75 Å². The number of nitrogens with zero attached hydrogens (tertiary/aromatic N) is 3. The molecule has 0 fully saturated rings. The fourth-order valence-corrected chi connectivity index (χ4v) is 4.57. The van der Waals surface area contributed by atoms with Crippen LogP contribution in [0.1, 0.15) is 34.1 Å². The number of benzene rings is 1. The Morgan fingerprint density at radius 1 is 1.32 bits per heavy atom. The summed E-state index contributed by atoms with van der Waals surface area (Å²) in [5.74, 6) is 0.508. The number of anilines is 1. The fraction of sp³-hybridized carbons (Fsp3) is 0.300. The van der Waals surface area contributed by atoms with Gasteiger partial charge in [-0.05, 0) is 32.0 Å². The molecule has 1 amide bonds. The lowest BCUT2D eigenvalue weighted by molar-refractivity contribution is -0.113. The van der Waals surface area contributed by atoms with Crippen molar-refractivity contribution in [2.24, 2.45) is 7.05 Å². The number of hydrogen-bond donors (Lipinski definition) is 1. The highest BCUT2D eigenvalue weighted by Crippen LogP contribution is 2.30. The molecule has 1 atom stereocenters. The number of carbonyl (C=O) groups is 2. The van der Waals surface area contributed by atoms with Crippen LogP contribution in [0.3, 0.4) is 0 Å². The first kappa shape index (κ1) is 23.1. The number of ether oxygens (including phenoxy) is 2. The maximum atomic E-state index is 12.4. The molecule has 0 aliphatic heterocycles. The molecule has 0 radical (unpaired) electrons. The van der Waals surface area contributed by atoms with Gasteiger partial charge in [0.05, 0.1) is 23.4 Å². The van der Waals surface area contributed by atoms with Gasteiger partial charge in [-0.3, -0.25) is 4.79 Å². The maximum absolute atomic E-state index is 12.4. The molecule has 0 saturated heterocycles. The molecule has 0 spiro atoms. The summed E-state index contributed by atoms with van der Waals surface area (Å²) in [6.45, 7) is 3.70. The van der Waals surface area contributed by atoms with E-state index in [2.05, 4.69) is 15.5 Å². The first-order valence-electron chi connectivity index (χ1n) is 9.22. The van der Waals surface area contributed by atoms with E-state index < -0.39 is 12.1 Å². The predicted octanol–water partition coefficient (Wildman–Crippen LogP) is 4.50. The first-order chi connectivity index (χ1) is 14.8. The van der Waals surface area contributed by atoms with Gasteiger partial charge in [0.2, 0.25) is 5.91 Å². The molecule has 0 bridgehead atoms. The highest BCUT2D eigenvalue weighted by atomic mass is 35.5. The number of hydrogen-bond acceptors (Lipinski definition) is 8. The van der Waals surface area contributed by atoms with Crippen molar-refractivity contribution in [1.29, 1.82) is 0 Å². The van der Waals surface area contributed by atoms with Crippen LogP contribution in [0.2, 0.25) is 5.02 Å². The monoisotopic (exact) mass is 480 g/mol. The molecule has 31 heavy (non-hydrogen) atoms. The van der Waals surface area contributed by atoms with Gasteiger partial charge < -0.3 is 19.4 Å². The maximum Gasteiger partial charge on any atom is 0.340 e. The number of halogens is 1. The Labute approximate surface area is 192 Å². The van der Waals surface area contributed by atoms with Gasteiger partial charge in [-0.15, -0.1) is 21.5 Å². The summed E-state index contributed by atoms with van der Waals surface area (Å²) in [5.41, 5.74) is 0.342. The van der Waals surface area contributed by atoms with E-state index in [1.807, 2.05) is 26.0 Å². The van der Waals surface area contributed by atoms with Gasteiger partial charge in [0.25, 0.3) is 0 Å². The van der Waals surface area contributed by atoms with Crippen molar-refractivity contribution < 1.29 is 19.1 Å². The van der Waals surface area contributed by atoms with Crippen molar-refractivity contribution in [2.45, 2.75) is 25.1 Å². The quantitative estimate of drug-likeness (QED) is 0.374. The molecule has 2 aromatic heterocycles. The van der Waals surface area contributed by atoms with E-state index in [0.717, 1.165) is 4.88 Å². The van der Waals surface area contributed by atoms with Crippen LogP contribution in [0.5, 0.6) is 5.75 Å². The SMILES string of the molecule is COC(=O)c1cc(C)sc1NC(=O)CSc1nnc(C(C)Oc2ccccc2Cl)n1C. The van der Waals surface area contributed by atoms with Crippen LogP contribution in [-0.4, -0.2) is 39.5 Å². The molecule has 0 aliphatic rings. The summed E-state index contributed by atoms with van der Waals surface area (Å²) in [6.07, 6.45) is -0.391. The number of rotatable bonds is 8. The minimum Gasteiger partial charge on any atom is -0.481 e. The van der Waals surface area contributed by atoms with Gasteiger partial charge in [-0.25, -0.2) is 4.79 Å². The van der Waals surface area contributed by atoms with Gasteiger partial charge in [-0.2, -0.15) is 0 Å². The lowest BCUT2D eigenvalue weighted by Gasteiger charge is -2.15. The number of para-hydroxylation sites is 1. The Hall–Kier alpha value is -2.56. The van der Waals surface area contributed by atoms with Crippen LogP contribution in [0.25, 0.3) is 0 Å². The molecule has 0 saturated carbocycles. The predicted molar refractivity (Wildman–Crippen MR) is 121 cm³/mol. The minimum absolute atomic E-state index is 0.100. The summed E-state index contributed by atoms with van der Waals surface area (Å²) < 4.78 is 12.4. The lowest BCUT2D eigenvalue weighted by atomic mass is 10.3. The second-order valence-corrected chi connectivity index (χ2v) is 9.12. The largest absolute Gasteiger partial charge is 0.481 e. The number of aryl methyl sites for hydroxylation is 1. The standard InChI is InChI=1S/C20H21ClN4O4S2/c1-11-9-13(19(27)28-4)18(31-11)22-16(26)10-30-20-24-23-17(25(20)3)12(2)29-15-8-6-5-7-14(15)21/h5-9,12H,10H2,1-4H3,(H,22,26). The van der Waals surface area contributed by atoms with Gasteiger partial charge in [0.15, 0.2) is 17.1 Å². The zero-order valence-corrected chi connectivity index (χ0v) is 19.7. The molecular formula is C20H21ClN4O4S2. The highest BCUT2D eigenvalue weighted by molar-refractivity contribution is 7.99. The van der Waals surface area contributed by atoms with Crippen LogP contribution >= 0.6 is 34.7 Å². The van der Waals surface area contributed by atoms with E-state index in [-0.39, 0.29) is 11.7 Å². The Kier molecular flexibility index (Phi) is 7.58. The van der Waals surface area contributed by atoms with E-state index >= 15 is 0 Å². The third kappa shape index (κ3) is 5.57. The van der Waals surface area contributed by atoms with Crippen molar-refractivity contribution in [3.63, 3.8) is 0 Å². The van der Waals surface area contributed by atoms with E-state index in [0.29, 0.717) is 32.3 Å². The molecule has 8 nitrogen and oxygen atoms in total. The molecule has 0 aliphatic carbocycles. The molecule has 1 unspecified atom stereocenters. The van der Waals surface area contributed by atoms with Crippen LogP contribution < -0.4 is 10.1 Å². The number of aromatic nitrogens is 3. The van der Waals surface area contributed by atoms with Gasteiger partial charge >= 0.3 is 5.97 Å². The smallest absolute Gasteiger partial charge is 0.340 e. The number of nitrogens with one attached hydrogen (secondary N) is 1. The van der Waals surface area contributed by atoms with Crippen molar-refractivity contribution in [2.75, 3.05) is 18.2 Å². The number of thioether (sulfide) groups is 1. The Morgan fingerprint density at radius 2 is 2.06 bits per heavy atom. The van der Waals surface area contributed by atoms with Gasteiger partial charge in [0.1, 0.15) is 10.8 Å². The molecular weight excluding hydrogens is 460 g/mol. The minimum atomic E-state index is -0.488. The molecule has 3 rings (SSSR count). The molecule has 1 aromatic carbocycles. The number of thiophene rings is 1. The number of amides is 1. The number of methoxy groups -OCH3 is 1. The zero-order chi connectivity index (χ0) is 22.5. The van der Waals surface area contributed by atoms with Crippen LogP contribution in [0.4, 0.5) is 5.00 Å². The Balaban J connectivity index is 1.62. The second kappa shape index (κ2) is 10.2. The Morgan fingerprint density at radius 3 is 2.77 bits per heavy atom. The normalized spacial score (nSPS) is 11.8. The third-order valence-electron chi connectivity index (χ3n) is 4.22. The van der Waals surface area contributed by atoms with E-state index in [4.69, 9.17) is 21.1 Å². The van der Waals surface area contributed by atoms with Crippen LogP contribution in [0.15, 0.2) is 35.5 Å². The average molecular weight is 481 g/mol. The zero-order valence-electron chi connectivity index (χ0n) is 17.3. The van der Waals surface area contributed by atoms with Crippen LogP contribution in [-0.2, 0) is 16.6 Å². The molecule has 1 N–H and O–H groups in total. The summed E-state index contributed by atoms with van der Waals surface area (Å²) >= 11 is 8.70. The number of esters is 1. The lowest BCUT2D eigenvalue weighted by Crippen LogP contribution is -2.16. The van der Waals surface area contributed by atoms with Gasteiger partial charge in [0, 0.05) is 11.9 Å².